The van der Waals surface area contributed by atoms with E-state index in [9.17, 15) is 15.3 Å². The van der Waals surface area contributed by atoms with Crippen LogP contribution in [0.2, 0.25) is 0 Å². The molecule has 0 aliphatic carbocycles. The lowest BCUT2D eigenvalue weighted by Crippen LogP contribution is -2.28. The van der Waals surface area contributed by atoms with E-state index in [1.165, 1.54) is 11.8 Å². The van der Waals surface area contributed by atoms with Crippen molar-refractivity contribution in [1.82, 2.24) is 4.98 Å². The van der Waals surface area contributed by atoms with Crippen LogP contribution in [0.4, 0.5) is 0 Å². The van der Waals surface area contributed by atoms with Crippen molar-refractivity contribution >= 4 is 33.7 Å². The number of hydrogen-bond acceptors (Lipinski definition) is 8. The van der Waals surface area contributed by atoms with Crippen LogP contribution in [-0.4, -0.2) is 22.8 Å². The Morgan fingerprint density at radius 1 is 1.20 bits per heavy atom. The molecule has 0 saturated carbocycles. The first-order chi connectivity index (χ1) is 16.6. The van der Waals surface area contributed by atoms with Gasteiger partial charge in [-0.2, -0.15) is 10.5 Å². The van der Waals surface area contributed by atoms with Crippen LogP contribution < -0.4 is 5.73 Å². The summed E-state index contributed by atoms with van der Waals surface area (Å²) in [6.45, 7) is 9.21. The van der Waals surface area contributed by atoms with Crippen molar-refractivity contribution in [2.75, 3.05) is 5.75 Å². The summed E-state index contributed by atoms with van der Waals surface area (Å²) in [6, 6.07) is 11.6. The summed E-state index contributed by atoms with van der Waals surface area (Å²) >= 11 is 4.69. The van der Waals surface area contributed by atoms with Gasteiger partial charge in [-0.05, 0) is 63.4 Å². The molecule has 2 aromatic rings. The van der Waals surface area contributed by atoms with E-state index in [1.807, 2.05) is 45.0 Å². The third-order valence-electron chi connectivity index (χ3n) is 5.68. The molecule has 2 heterocycles. The molecule has 0 bridgehead atoms. The second kappa shape index (κ2) is 11.0. The largest absolute Gasteiger partial charge is 0.459 e. The second-order valence-corrected chi connectivity index (χ2v) is 10.2. The molecule has 0 fully saturated rings. The molecule has 0 amide bonds. The molecule has 0 radical (unpaired) electrons. The number of halogens is 1. The number of rotatable bonds is 6. The summed E-state index contributed by atoms with van der Waals surface area (Å²) in [4.78, 5) is 17.9. The Labute approximate surface area is 217 Å². The fourth-order valence-electron chi connectivity index (χ4n) is 3.70. The second-order valence-electron chi connectivity index (χ2n) is 8.30. The lowest BCUT2D eigenvalue weighted by molar-refractivity contribution is -0.143. The van der Waals surface area contributed by atoms with E-state index < -0.39 is 11.9 Å². The number of aryl methyl sites for hydroxylation is 1. The van der Waals surface area contributed by atoms with Crippen LogP contribution in [-0.2, 0) is 14.3 Å². The Balaban J connectivity index is 2.13. The quantitative estimate of drug-likeness (QED) is 0.370. The van der Waals surface area contributed by atoms with E-state index in [1.54, 1.807) is 13.8 Å². The third-order valence-corrected chi connectivity index (χ3v) is 7.18. The molecular weight excluding hydrogens is 528 g/mol. The molecular formula is C26H25BrN4O3S. The van der Waals surface area contributed by atoms with Crippen molar-refractivity contribution < 1.29 is 14.3 Å². The lowest BCUT2D eigenvalue weighted by Gasteiger charge is -2.28. The van der Waals surface area contributed by atoms with Crippen molar-refractivity contribution in [2.45, 2.75) is 51.7 Å². The zero-order chi connectivity index (χ0) is 25.9. The monoisotopic (exact) mass is 552 g/mol. The van der Waals surface area contributed by atoms with Gasteiger partial charge in [0.15, 0.2) is 0 Å². The van der Waals surface area contributed by atoms with Crippen LogP contribution in [0.25, 0.3) is 0 Å². The van der Waals surface area contributed by atoms with Crippen LogP contribution in [0, 0.1) is 43.4 Å². The highest BCUT2D eigenvalue weighted by molar-refractivity contribution is 9.10. The topological polar surface area (TPSA) is 122 Å². The molecule has 0 saturated heterocycles. The number of hydrogen-bond donors (Lipinski definition) is 1. The van der Waals surface area contributed by atoms with Crippen LogP contribution >= 0.6 is 27.7 Å². The molecule has 1 aromatic carbocycles. The molecule has 0 unspecified atom stereocenters. The number of nitriles is 2. The number of esters is 1. The van der Waals surface area contributed by atoms with Gasteiger partial charge >= 0.3 is 5.97 Å². The Hall–Kier alpha value is -3.27. The van der Waals surface area contributed by atoms with Gasteiger partial charge in [-0.1, -0.05) is 39.8 Å². The minimum absolute atomic E-state index is 0.0677. The molecule has 1 aromatic heterocycles. The van der Waals surface area contributed by atoms with E-state index in [2.05, 4.69) is 33.1 Å². The van der Waals surface area contributed by atoms with Gasteiger partial charge in [-0.25, -0.2) is 9.78 Å². The van der Waals surface area contributed by atoms with Gasteiger partial charge in [-0.15, -0.1) is 0 Å². The molecule has 35 heavy (non-hydrogen) atoms. The van der Waals surface area contributed by atoms with Crippen molar-refractivity contribution in [3.8, 4) is 12.1 Å². The highest BCUT2D eigenvalue weighted by atomic mass is 79.9. The molecule has 1 aliphatic rings. The van der Waals surface area contributed by atoms with E-state index in [4.69, 9.17) is 15.2 Å². The maximum atomic E-state index is 13.3. The number of nitrogens with zero attached hydrogens (tertiary/aromatic N) is 3. The lowest BCUT2D eigenvalue weighted by atomic mass is 9.83. The van der Waals surface area contributed by atoms with Gasteiger partial charge in [0.2, 0.25) is 5.88 Å². The van der Waals surface area contributed by atoms with E-state index >= 15 is 0 Å². The fourth-order valence-corrected chi connectivity index (χ4v) is 4.99. The molecule has 1 aliphatic heterocycles. The number of ether oxygens (including phenoxy) is 2. The first-order valence-electron chi connectivity index (χ1n) is 10.9. The molecule has 3 rings (SSSR count). The summed E-state index contributed by atoms with van der Waals surface area (Å²) in [5.41, 5.74) is 10.3. The zero-order valence-corrected chi connectivity index (χ0v) is 22.5. The van der Waals surface area contributed by atoms with Gasteiger partial charge in [0.1, 0.15) is 28.5 Å². The first-order valence-corrected chi connectivity index (χ1v) is 12.6. The van der Waals surface area contributed by atoms with Gasteiger partial charge < -0.3 is 15.2 Å². The highest BCUT2D eigenvalue weighted by Gasteiger charge is 2.38. The Morgan fingerprint density at radius 2 is 1.86 bits per heavy atom. The van der Waals surface area contributed by atoms with E-state index in [0.717, 1.165) is 21.3 Å². The van der Waals surface area contributed by atoms with E-state index in [0.29, 0.717) is 16.2 Å². The number of allylic oxidation sites excluding steroid dienone is 1. The van der Waals surface area contributed by atoms with Gasteiger partial charge in [0.05, 0.1) is 28.9 Å². The number of benzene rings is 1. The maximum absolute atomic E-state index is 13.3. The molecule has 180 valence electrons. The average molecular weight is 553 g/mol. The van der Waals surface area contributed by atoms with Crippen LogP contribution in [0.3, 0.4) is 0 Å². The SMILES string of the molecule is Cc1nc(SCC2=C(C(=O)OC(C)C)[C@H](c3ccc(Br)cc3)C(C#N)=C(N)O2)c(C#N)c(C)c1C. The predicted octanol–water partition coefficient (Wildman–Crippen LogP) is 5.45. The number of aromatic nitrogens is 1. The van der Waals surface area contributed by atoms with Gasteiger partial charge in [0, 0.05) is 10.2 Å². The summed E-state index contributed by atoms with van der Waals surface area (Å²) < 4.78 is 12.2. The van der Waals surface area contributed by atoms with E-state index in [-0.39, 0.29) is 34.6 Å². The van der Waals surface area contributed by atoms with Crippen LogP contribution in [0.15, 0.2) is 56.6 Å². The summed E-state index contributed by atoms with van der Waals surface area (Å²) in [7, 11) is 0. The molecule has 1 atom stereocenters. The van der Waals surface area contributed by atoms with Crippen molar-refractivity contribution in [3.05, 3.63) is 79.5 Å². The van der Waals surface area contributed by atoms with Crippen molar-refractivity contribution in [2.24, 2.45) is 5.73 Å². The highest BCUT2D eigenvalue weighted by Crippen LogP contribution is 2.41. The molecule has 2 N–H and O–H groups in total. The third kappa shape index (κ3) is 5.53. The molecule has 0 spiro atoms. The summed E-state index contributed by atoms with van der Waals surface area (Å²) in [5.74, 6) is -0.978. The summed E-state index contributed by atoms with van der Waals surface area (Å²) in [5, 5.41) is 20.1. The maximum Gasteiger partial charge on any atom is 0.338 e. The molecule has 9 heteroatoms. The van der Waals surface area contributed by atoms with Crippen molar-refractivity contribution in [1.29, 1.82) is 10.5 Å². The predicted molar refractivity (Wildman–Crippen MR) is 137 cm³/mol. The van der Waals surface area contributed by atoms with Crippen molar-refractivity contribution in [3.63, 3.8) is 0 Å². The number of nitrogens with two attached hydrogens (primary N) is 1. The number of thioether (sulfide) groups is 1. The average Bonchev–Trinajstić information content (AvgIpc) is 2.80. The minimum Gasteiger partial charge on any atom is -0.459 e. The van der Waals surface area contributed by atoms with Gasteiger partial charge in [0.25, 0.3) is 0 Å². The summed E-state index contributed by atoms with van der Waals surface area (Å²) in [6.07, 6.45) is -0.377. The number of carbonyl (C=O) groups is 1. The molecule has 7 nitrogen and oxygen atoms in total. The number of carbonyl (C=O) groups excluding carboxylic acids is 1. The standard InChI is InChI=1S/C26H25BrN4O3S/c1-13(2)33-26(32)23-21(12-35-25-19(10-28)15(4)14(3)16(5)31-25)34-24(30)20(11-29)22(23)17-6-8-18(27)9-7-17/h6-9,13,22H,12,30H2,1-5H3/t22-/m1/s1. The normalized spacial score (nSPS) is 15.5. The Kier molecular flexibility index (Phi) is 8.26. The zero-order valence-electron chi connectivity index (χ0n) is 20.1. The smallest absolute Gasteiger partial charge is 0.338 e. The Morgan fingerprint density at radius 3 is 2.43 bits per heavy atom. The first kappa shape index (κ1) is 26.3. The van der Waals surface area contributed by atoms with Gasteiger partial charge in [-0.3, -0.25) is 0 Å². The number of pyridine rings is 1. The fraction of sp³-hybridized carbons (Fsp3) is 0.308. The van der Waals surface area contributed by atoms with Crippen LogP contribution in [0.1, 0.15) is 47.7 Å². The van der Waals surface area contributed by atoms with Crippen LogP contribution in [0.5, 0.6) is 0 Å². The Bertz CT molecular complexity index is 1320. The minimum atomic E-state index is -0.756.